The van der Waals surface area contributed by atoms with Gasteiger partial charge in [-0.15, -0.1) is 0 Å². The molecule has 1 saturated heterocycles. The summed E-state index contributed by atoms with van der Waals surface area (Å²) >= 11 is 0. The third-order valence-corrected chi connectivity index (χ3v) is 5.36. The molecule has 4 rings (SSSR count). The molecule has 9 nitrogen and oxygen atoms in total. The molecule has 1 atom stereocenters. The van der Waals surface area contributed by atoms with Gasteiger partial charge in [0.15, 0.2) is 0 Å². The third kappa shape index (κ3) is 4.89. The molecule has 9 heteroatoms. The molecule has 1 aromatic carbocycles. The predicted molar refractivity (Wildman–Crippen MR) is 125 cm³/mol. The van der Waals surface area contributed by atoms with Gasteiger partial charge < -0.3 is 21.7 Å². The largest absolute Gasteiger partial charge is 0.383 e. The van der Waals surface area contributed by atoms with Gasteiger partial charge in [0.25, 0.3) is 5.91 Å². The van der Waals surface area contributed by atoms with Crippen molar-refractivity contribution >= 4 is 29.1 Å². The first-order valence-corrected chi connectivity index (χ1v) is 10.5. The summed E-state index contributed by atoms with van der Waals surface area (Å²) in [6, 6.07) is 10.7. The molecule has 1 aliphatic heterocycles. The number of aryl methyl sites for hydroxylation is 1. The maximum absolute atomic E-state index is 12.5. The zero-order chi connectivity index (χ0) is 22.5. The molecule has 3 aromatic rings. The van der Waals surface area contributed by atoms with Gasteiger partial charge in [-0.1, -0.05) is 12.1 Å². The Kier molecular flexibility index (Phi) is 6.37. The normalized spacial score (nSPS) is 15.7. The number of carbonyl (C=O) groups is 1. The summed E-state index contributed by atoms with van der Waals surface area (Å²) in [6.07, 6.45) is 5.14. The van der Waals surface area contributed by atoms with E-state index < -0.39 is 0 Å². The standard InChI is InChI=1S/C23H26N8O/c1-14-8-10-27-18(11-14)31-23(32)16-6-4-15(5-7-16)20(24)19-21(25)28-13-29-22(19)30-17-3-2-9-26-12-17/h4-8,10-11,13,17,24,26H,2-3,9,12H2,1H3,(H,27,31,32)(H3,25,28,29,30). The summed E-state index contributed by atoms with van der Waals surface area (Å²) in [5.74, 6) is 1.01. The number of hydrogen-bond acceptors (Lipinski definition) is 8. The lowest BCUT2D eigenvalue weighted by Crippen LogP contribution is -2.39. The van der Waals surface area contributed by atoms with Gasteiger partial charge in [0.1, 0.15) is 23.8 Å². The number of hydrogen-bond donors (Lipinski definition) is 5. The molecule has 1 fully saturated rings. The van der Waals surface area contributed by atoms with Gasteiger partial charge in [-0.25, -0.2) is 15.0 Å². The van der Waals surface area contributed by atoms with Gasteiger partial charge in [0, 0.05) is 29.9 Å². The highest BCUT2D eigenvalue weighted by Crippen LogP contribution is 2.23. The minimum atomic E-state index is -0.268. The zero-order valence-corrected chi connectivity index (χ0v) is 17.9. The molecule has 1 amide bonds. The first-order valence-electron chi connectivity index (χ1n) is 10.5. The van der Waals surface area contributed by atoms with Crippen LogP contribution in [0.15, 0.2) is 48.9 Å². The average molecular weight is 431 g/mol. The maximum atomic E-state index is 12.5. The molecule has 2 aromatic heterocycles. The number of nitrogens with two attached hydrogens (primary N) is 1. The van der Waals surface area contributed by atoms with E-state index in [1.807, 2.05) is 13.0 Å². The Morgan fingerprint density at radius 1 is 1.16 bits per heavy atom. The van der Waals surface area contributed by atoms with Crippen molar-refractivity contribution in [2.45, 2.75) is 25.8 Å². The highest BCUT2D eigenvalue weighted by molar-refractivity contribution is 6.16. The Morgan fingerprint density at radius 2 is 1.94 bits per heavy atom. The maximum Gasteiger partial charge on any atom is 0.256 e. The highest BCUT2D eigenvalue weighted by Gasteiger charge is 2.20. The van der Waals surface area contributed by atoms with Gasteiger partial charge in [-0.2, -0.15) is 0 Å². The lowest BCUT2D eigenvalue weighted by atomic mass is 10.0. The summed E-state index contributed by atoms with van der Waals surface area (Å²) in [6.45, 7) is 3.77. The number of aromatic nitrogens is 3. The fourth-order valence-electron chi connectivity index (χ4n) is 3.65. The number of amides is 1. The first kappa shape index (κ1) is 21.4. The van der Waals surface area contributed by atoms with E-state index in [1.54, 1.807) is 36.5 Å². The van der Waals surface area contributed by atoms with Crippen LogP contribution in [0, 0.1) is 12.3 Å². The monoisotopic (exact) mass is 430 g/mol. The Bertz CT molecular complexity index is 1120. The van der Waals surface area contributed by atoms with Crippen molar-refractivity contribution in [1.29, 1.82) is 5.41 Å². The third-order valence-electron chi connectivity index (χ3n) is 5.36. The minimum Gasteiger partial charge on any atom is -0.383 e. The number of benzene rings is 1. The van der Waals surface area contributed by atoms with E-state index in [0.717, 1.165) is 31.5 Å². The molecule has 1 aliphatic rings. The van der Waals surface area contributed by atoms with E-state index in [1.165, 1.54) is 6.33 Å². The number of pyridine rings is 1. The number of piperidine rings is 1. The summed E-state index contributed by atoms with van der Waals surface area (Å²) in [5, 5.41) is 18.3. The van der Waals surface area contributed by atoms with Crippen LogP contribution in [0.4, 0.5) is 17.5 Å². The molecule has 6 N–H and O–H groups in total. The number of rotatable bonds is 6. The van der Waals surface area contributed by atoms with Crippen molar-refractivity contribution in [2.75, 3.05) is 29.5 Å². The molecule has 32 heavy (non-hydrogen) atoms. The number of nitrogens with zero attached hydrogens (tertiary/aromatic N) is 3. The Morgan fingerprint density at radius 3 is 2.66 bits per heavy atom. The topological polar surface area (TPSA) is 142 Å². The molecule has 164 valence electrons. The summed E-state index contributed by atoms with van der Waals surface area (Å²) in [4.78, 5) is 25.1. The van der Waals surface area contributed by atoms with Crippen LogP contribution in [0.3, 0.4) is 0 Å². The fourth-order valence-corrected chi connectivity index (χ4v) is 3.65. The molecule has 3 heterocycles. The van der Waals surface area contributed by atoms with Crippen LogP contribution < -0.4 is 21.7 Å². The van der Waals surface area contributed by atoms with Gasteiger partial charge >= 0.3 is 0 Å². The smallest absolute Gasteiger partial charge is 0.256 e. The Hall–Kier alpha value is -3.85. The van der Waals surface area contributed by atoms with Crippen LogP contribution >= 0.6 is 0 Å². The van der Waals surface area contributed by atoms with Crippen LogP contribution in [-0.2, 0) is 0 Å². The van der Waals surface area contributed by atoms with E-state index in [0.29, 0.717) is 28.3 Å². The van der Waals surface area contributed by atoms with E-state index in [2.05, 4.69) is 30.9 Å². The Balaban J connectivity index is 1.52. The van der Waals surface area contributed by atoms with E-state index in [4.69, 9.17) is 11.1 Å². The van der Waals surface area contributed by atoms with Crippen molar-refractivity contribution in [3.8, 4) is 0 Å². The van der Waals surface area contributed by atoms with Gasteiger partial charge in [-0.05, 0) is 56.1 Å². The number of anilines is 3. The van der Waals surface area contributed by atoms with Crippen LogP contribution in [0.5, 0.6) is 0 Å². The van der Waals surface area contributed by atoms with Crippen molar-refractivity contribution < 1.29 is 4.79 Å². The van der Waals surface area contributed by atoms with Gasteiger partial charge in [-0.3, -0.25) is 10.2 Å². The fraction of sp³-hybridized carbons (Fsp3) is 0.261. The van der Waals surface area contributed by atoms with Crippen LogP contribution in [0.2, 0.25) is 0 Å². The second-order valence-electron chi connectivity index (χ2n) is 7.80. The number of nitrogen functional groups attached to an aromatic ring is 1. The SMILES string of the molecule is Cc1ccnc(NC(=O)c2ccc(C(=N)c3c(N)ncnc3NC3CCCNC3)cc2)c1. The Labute approximate surface area is 186 Å². The quantitative estimate of drug-likeness (QED) is 0.378. The number of carbonyl (C=O) groups excluding carboxylic acids is 1. The van der Waals surface area contributed by atoms with Crippen molar-refractivity contribution in [1.82, 2.24) is 20.3 Å². The molecule has 1 unspecified atom stereocenters. The second kappa shape index (κ2) is 9.52. The predicted octanol–water partition coefficient (Wildman–Crippen LogP) is 2.59. The zero-order valence-electron chi connectivity index (χ0n) is 17.9. The first-order chi connectivity index (χ1) is 15.5. The number of nitrogens with one attached hydrogen (secondary N) is 4. The molecular weight excluding hydrogens is 404 g/mol. The summed E-state index contributed by atoms with van der Waals surface area (Å²) < 4.78 is 0. The van der Waals surface area contributed by atoms with Crippen molar-refractivity contribution in [2.24, 2.45) is 0 Å². The van der Waals surface area contributed by atoms with Gasteiger partial charge in [0.05, 0.1) is 11.3 Å². The van der Waals surface area contributed by atoms with E-state index in [9.17, 15) is 4.79 Å². The average Bonchev–Trinajstić information content (AvgIpc) is 2.80. The molecule has 0 spiro atoms. The highest BCUT2D eigenvalue weighted by atomic mass is 16.1. The molecule has 0 radical (unpaired) electrons. The molecule has 0 saturated carbocycles. The lowest BCUT2D eigenvalue weighted by molar-refractivity contribution is 0.102. The van der Waals surface area contributed by atoms with Crippen LogP contribution in [0.25, 0.3) is 0 Å². The second-order valence-corrected chi connectivity index (χ2v) is 7.80. The van der Waals surface area contributed by atoms with Gasteiger partial charge in [0.2, 0.25) is 0 Å². The molecule has 0 bridgehead atoms. The summed E-state index contributed by atoms with van der Waals surface area (Å²) in [5.41, 5.74) is 8.86. The molecule has 0 aliphatic carbocycles. The minimum absolute atomic E-state index is 0.196. The van der Waals surface area contributed by atoms with Crippen molar-refractivity contribution in [3.05, 3.63) is 71.2 Å². The van der Waals surface area contributed by atoms with Crippen LogP contribution in [0.1, 0.15) is 39.9 Å². The summed E-state index contributed by atoms with van der Waals surface area (Å²) in [7, 11) is 0. The van der Waals surface area contributed by atoms with E-state index in [-0.39, 0.29) is 23.5 Å². The molecular formula is C23H26N8O. The van der Waals surface area contributed by atoms with Crippen LogP contribution in [-0.4, -0.2) is 45.7 Å². The van der Waals surface area contributed by atoms with Crippen molar-refractivity contribution in [3.63, 3.8) is 0 Å². The lowest BCUT2D eigenvalue weighted by Gasteiger charge is -2.25. The van der Waals surface area contributed by atoms with E-state index >= 15 is 0 Å².